The maximum Gasteiger partial charge on any atom is 0.338 e. The number of fused-ring (bicyclic) bond motifs is 1. The van der Waals surface area contributed by atoms with E-state index in [0.29, 0.717) is 43.4 Å². The summed E-state index contributed by atoms with van der Waals surface area (Å²) in [6, 6.07) is 19.1. The summed E-state index contributed by atoms with van der Waals surface area (Å²) in [5, 5.41) is 12.0. The number of rotatable bonds is 9. The average molecular weight is 616 g/mol. The van der Waals surface area contributed by atoms with Gasteiger partial charge in [0.25, 0.3) is 11.2 Å². The van der Waals surface area contributed by atoms with Gasteiger partial charge >= 0.3 is 5.97 Å². The van der Waals surface area contributed by atoms with Crippen molar-refractivity contribution in [1.82, 2.24) is 4.57 Å². The lowest BCUT2D eigenvalue weighted by Crippen LogP contribution is -2.39. The zero-order chi connectivity index (χ0) is 30.7. The molecule has 0 saturated heterocycles. The molecule has 1 aliphatic rings. The maximum absolute atomic E-state index is 13.9. The number of hydrogen-bond acceptors (Lipinski definition) is 9. The Kier molecular flexibility index (Phi) is 8.93. The summed E-state index contributed by atoms with van der Waals surface area (Å²) in [7, 11) is 0. The molecule has 1 atom stereocenters. The van der Waals surface area contributed by atoms with E-state index >= 15 is 0 Å². The van der Waals surface area contributed by atoms with Gasteiger partial charge in [-0.15, -0.1) is 0 Å². The molecule has 0 radical (unpaired) electrons. The largest absolute Gasteiger partial charge is 0.494 e. The zero-order valence-electron chi connectivity index (χ0n) is 24.0. The zero-order valence-corrected chi connectivity index (χ0v) is 25.7. The van der Waals surface area contributed by atoms with Crippen molar-refractivity contribution in [3.05, 3.63) is 124 Å². The van der Waals surface area contributed by atoms with Crippen LogP contribution in [0.3, 0.4) is 0 Å². The lowest BCUT2D eigenvalue weighted by molar-refractivity contribution is -0.387. The second kappa shape index (κ2) is 12.8. The van der Waals surface area contributed by atoms with Gasteiger partial charge < -0.3 is 9.47 Å². The Morgan fingerprint density at radius 3 is 2.44 bits per heavy atom. The fourth-order valence-corrected chi connectivity index (χ4v) is 6.70. The molecular weight excluding hydrogens is 587 g/mol. The minimum absolute atomic E-state index is 0.0557. The molecule has 1 aromatic heterocycles. The molecule has 0 unspecified atom stereocenters. The Morgan fingerprint density at radius 2 is 1.79 bits per heavy atom. The van der Waals surface area contributed by atoms with E-state index in [0.717, 1.165) is 21.8 Å². The van der Waals surface area contributed by atoms with Crippen molar-refractivity contribution in [3.63, 3.8) is 0 Å². The van der Waals surface area contributed by atoms with Crippen LogP contribution in [0.4, 0.5) is 5.69 Å². The van der Waals surface area contributed by atoms with E-state index in [2.05, 4.69) is 4.99 Å². The smallest absolute Gasteiger partial charge is 0.338 e. The molecule has 0 saturated carbocycles. The van der Waals surface area contributed by atoms with Gasteiger partial charge in [-0.1, -0.05) is 59.0 Å². The SMILES string of the molecule is CCOC(=O)C1=C(C)N=c2s/c(=C/c3ccc(Sc4ccc(C)cc4)c([N+](=O)[O-])c3)c(=O)n2[C@H]1c1ccc(OCC)cc1. The summed E-state index contributed by atoms with van der Waals surface area (Å²) >= 11 is 2.47. The van der Waals surface area contributed by atoms with Crippen molar-refractivity contribution in [2.45, 2.75) is 43.5 Å². The van der Waals surface area contributed by atoms with E-state index < -0.39 is 16.9 Å². The number of esters is 1. The van der Waals surface area contributed by atoms with Crippen LogP contribution in [0.2, 0.25) is 0 Å². The number of carbonyl (C=O) groups excluding carboxylic acids is 1. The van der Waals surface area contributed by atoms with Crippen molar-refractivity contribution >= 4 is 40.8 Å². The van der Waals surface area contributed by atoms with Gasteiger partial charge in [0.1, 0.15) is 5.75 Å². The fraction of sp³-hybridized carbons (Fsp3) is 0.219. The summed E-state index contributed by atoms with van der Waals surface area (Å²) in [5.74, 6) is 0.122. The Labute approximate surface area is 256 Å². The standard InChI is InChI=1S/C32H29N3O6S2/c1-5-40-23-12-10-22(11-13-23)29-28(31(37)41-6-2)20(4)33-32-34(29)30(36)27(43-32)18-21-9-16-26(25(17-21)35(38)39)42-24-14-7-19(3)8-15-24/h7-18,29H,5-6H2,1-4H3/b27-18+/t29-/m0/s1. The van der Waals surface area contributed by atoms with Crippen molar-refractivity contribution < 1.29 is 19.2 Å². The lowest BCUT2D eigenvalue weighted by atomic mass is 9.96. The first-order valence-corrected chi connectivity index (χ1v) is 15.3. The van der Waals surface area contributed by atoms with Gasteiger partial charge in [-0.05, 0) is 75.2 Å². The minimum Gasteiger partial charge on any atom is -0.494 e. The molecule has 43 heavy (non-hydrogen) atoms. The number of benzene rings is 3. The predicted molar refractivity (Wildman–Crippen MR) is 166 cm³/mol. The Balaban J connectivity index is 1.60. The number of allylic oxidation sites excluding steroid dienone is 1. The quantitative estimate of drug-likeness (QED) is 0.138. The van der Waals surface area contributed by atoms with E-state index in [4.69, 9.17) is 9.47 Å². The van der Waals surface area contributed by atoms with E-state index in [1.807, 2.05) is 50.2 Å². The molecule has 3 aromatic carbocycles. The number of nitro groups is 1. The number of ether oxygens (including phenoxy) is 2. The van der Waals surface area contributed by atoms with Gasteiger partial charge in [-0.2, -0.15) is 0 Å². The number of nitrogens with zero attached hydrogens (tertiary/aromatic N) is 3. The molecule has 9 nitrogen and oxygen atoms in total. The highest BCUT2D eigenvalue weighted by Crippen LogP contribution is 2.36. The third-order valence-electron chi connectivity index (χ3n) is 6.75. The van der Waals surface area contributed by atoms with Gasteiger partial charge in [0.2, 0.25) is 0 Å². The highest BCUT2D eigenvalue weighted by Gasteiger charge is 2.33. The number of carbonyl (C=O) groups is 1. The van der Waals surface area contributed by atoms with Crippen LogP contribution >= 0.6 is 23.1 Å². The van der Waals surface area contributed by atoms with E-state index in [1.165, 1.54) is 22.4 Å². The molecule has 0 fully saturated rings. The highest BCUT2D eigenvalue weighted by atomic mass is 32.2. The first-order chi connectivity index (χ1) is 20.7. The summed E-state index contributed by atoms with van der Waals surface area (Å²) in [6.45, 7) is 7.99. The molecule has 0 N–H and O–H groups in total. The van der Waals surface area contributed by atoms with E-state index in [1.54, 1.807) is 44.2 Å². The van der Waals surface area contributed by atoms with Crippen molar-refractivity contribution in [2.75, 3.05) is 13.2 Å². The Bertz CT molecular complexity index is 1910. The van der Waals surface area contributed by atoms with Gasteiger partial charge in [-0.25, -0.2) is 9.79 Å². The first-order valence-electron chi connectivity index (χ1n) is 13.7. The number of thiazole rings is 1. The fourth-order valence-electron chi connectivity index (χ4n) is 4.76. The molecule has 4 aromatic rings. The molecule has 1 aliphatic heterocycles. The van der Waals surface area contributed by atoms with Gasteiger partial charge in [-0.3, -0.25) is 19.5 Å². The third kappa shape index (κ3) is 6.32. The van der Waals surface area contributed by atoms with Gasteiger partial charge in [0.05, 0.1) is 44.9 Å². The van der Waals surface area contributed by atoms with Crippen LogP contribution in [0.5, 0.6) is 5.75 Å². The summed E-state index contributed by atoms with van der Waals surface area (Å²) in [6.07, 6.45) is 1.62. The number of aryl methyl sites for hydroxylation is 1. The second-order valence-electron chi connectivity index (χ2n) is 9.70. The van der Waals surface area contributed by atoms with Crippen LogP contribution in [0, 0.1) is 17.0 Å². The minimum atomic E-state index is -0.768. The number of hydrogen-bond donors (Lipinski definition) is 0. The predicted octanol–water partition coefficient (Wildman–Crippen LogP) is 5.56. The topological polar surface area (TPSA) is 113 Å². The van der Waals surface area contributed by atoms with E-state index in [9.17, 15) is 19.7 Å². The molecule has 5 rings (SSSR count). The second-order valence-corrected chi connectivity index (χ2v) is 11.8. The molecule has 0 spiro atoms. The van der Waals surface area contributed by atoms with Crippen LogP contribution < -0.4 is 19.6 Å². The molecule has 0 aliphatic carbocycles. The van der Waals surface area contributed by atoms with Crippen molar-refractivity contribution in [3.8, 4) is 5.75 Å². The normalized spacial score (nSPS) is 14.7. The molecule has 11 heteroatoms. The number of nitro benzene ring substituents is 1. The average Bonchev–Trinajstić information content (AvgIpc) is 3.28. The van der Waals surface area contributed by atoms with Crippen LogP contribution in [0.15, 0.2) is 97.6 Å². The molecule has 2 heterocycles. The van der Waals surface area contributed by atoms with Gasteiger partial charge in [0, 0.05) is 11.0 Å². The van der Waals surface area contributed by atoms with Crippen LogP contribution in [-0.4, -0.2) is 28.7 Å². The number of aromatic nitrogens is 1. The van der Waals surface area contributed by atoms with Crippen LogP contribution in [0.25, 0.3) is 6.08 Å². The summed E-state index contributed by atoms with van der Waals surface area (Å²) in [5.41, 5.74) is 2.62. The third-order valence-corrected chi connectivity index (χ3v) is 8.81. The molecular formula is C32H29N3O6S2. The lowest BCUT2D eigenvalue weighted by Gasteiger charge is -2.24. The van der Waals surface area contributed by atoms with Crippen LogP contribution in [-0.2, 0) is 9.53 Å². The molecule has 0 bridgehead atoms. The van der Waals surface area contributed by atoms with Crippen LogP contribution in [0.1, 0.15) is 43.5 Å². The Hall–Kier alpha value is -4.48. The Morgan fingerprint density at radius 1 is 1.07 bits per heavy atom. The first kappa shape index (κ1) is 30.0. The molecule has 220 valence electrons. The molecule has 0 amide bonds. The summed E-state index contributed by atoms with van der Waals surface area (Å²) in [4.78, 5) is 45.0. The van der Waals surface area contributed by atoms with E-state index in [-0.39, 0.29) is 23.4 Å². The highest BCUT2D eigenvalue weighted by molar-refractivity contribution is 7.99. The summed E-state index contributed by atoms with van der Waals surface area (Å²) < 4.78 is 12.7. The monoisotopic (exact) mass is 615 g/mol. The van der Waals surface area contributed by atoms with Gasteiger partial charge in [0.15, 0.2) is 4.80 Å². The van der Waals surface area contributed by atoms with Crippen molar-refractivity contribution in [1.29, 1.82) is 0 Å². The maximum atomic E-state index is 13.9. The van der Waals surface area contributed by atoms with Crippen molar-refractivity contribution in [2.24, 2.45) is 4.99 Å².